The van der Waals surface area contributed by atoms with Gasteiger partial charge in [-0.25, -0.2) is 9.97 Å². The van der Waals surface area contributed by atoms with Crippen molar-refractivity contribution in [3.05, 3.63) is 52.8 Å². The molecular formula is C17H21ClN4. The summed E-state index contributed by atoms with van der Waals surface area (Å²) in [7, 11) is 0. The van der Waals surface area contributed by atoms with E-state index in [4.69, 9.17) is 11.6 Å². The fourth-order valence-corrected chi connectivity index (χ4v) is 2.94. The van der Waals surface area contributed by atoms with E-state index in [0.29, 0.717) is 6.04 Å². The van der Waals surface area contributed by atoms with Gasteiger partial charge in [0, 0.05) is 49.6 Å². The molecule has 2 heterocycles. The zero-order valence-electron chi connectivity index (χ0n) is 13.0. The van der Waals surface area contributed by atoms with Crippen LogP contribution in [0.15, 0.2) is 36.7 Å². The van der Waals surface area contributed by atoms with Crippen LogP contribution in [-0.2, 0) is 0 Å². The second kappa shape index (κ2) is 6.63. The van der Waals surface area contributed by atoms with Crippen LogP contribution in [0.5, 0.6) is 0 Å². The predicted octanol–water partition coefficient (Wildman–Crippen LogP) is 3.32. The summed E-state index contributed by atoms with van der Waals surface area (Å²) in [5, 5.41) is 0.789. The van der Waals surface area contributed by atoms with Crippen molar-refractivity contribution in [3.63, 3.8) is 0 Å². The third-order valence-corrected chi connectivity index (χ3v) is 4.52. The zero-order valence-corrected chi connectivity index (χ0v) is 13.8. The molecule has 0 radical (unpaired) electrons. The van der Waals surface area contributed by atoms with Crippen LogP contribution in [0.1, 0.15) is 24.1 Å². The van der Waals surface area contributed by atoms with Gasteiger partial charge in [-0.2, -0.15) is 0 Å². The van der Waals surface area contributed by atoms with Crippen molar-refractivity contribution in [2.75, 3.05) is 31.1 Å². The SMILES string of the molecule is Cc1cnc(N2CCN(C(C)c3ccc(Cl)cc3)CC2)nc1. The van der Waals surface area contributed by atoms with Gasteiger partial charge < -0.3 is 4.90 Å². The molecule has 0 amide bonds. The lowest BCUT2D eigenvalue weighted by molar-refractivity contribution is 0.198. The van der Waals surface area contributed by atoms with Crippen molar-refractivity contribution < 1.29 is 0 Å². The molecule has 1 atom stereocenters. The molecule has 1 aliphatic heterocycles. The van der Waals surface area contributed by atoms with Crippen LogP contribution in [0.25, 0.3) is 0 Å². The fraction of sp³-hybridized carbons (Fsp3) is 0.412. The molecule has 0 saturated carbocycles. The quantitative estimate of drug-likeness (QED) is 0.869. The smallest absolute Gasteiger partial charge is 0.225 e. The molecule has 0 spiro atoms. The van der Waals surface area contributed by atoms with Gasteiger partial charge >= 0.3 is 0 Å². The largest absolute Gasteiger partial charge is 0.338 e. The van der Waals surface area contributed by atoms with Crippen LogP contribution in [0.3, 0.4) is 0 Å². The Morgan fingerprint density at radius 2 is 1.59 bits per heavy atom. The van der Waals surface area contributed by atoms with Crippen molar-refractivity contribution in [2.45, 2.75) is 19.9 Å². The molecule has 1 aromatic heterocycles. The number of rotatable bonds is 3. The molecule has 1 aliphatic rings. The molecule has 0 aliphatic carbocycles. The van der Waals surface area contributed by atoms with Gasteiger partial charge in [-0.05, 0) is 37.1 Å². The van der Waals surface area contributed by atoms with Gasteiger partial charge in [0.1, 0.15) is 0 Å². The molecule has 116 valence electrons. The summed E-state index contributed by atoms with van der Waals surface area (Å²) in [6.07, 6.45) is 3.76. The average Bonchev–Trinajstić information content (AvgIpc) is 2.56. The summed E-state index contributed by atoms with van der Waals surface area (Å²) < 4.78 is 0. The van der Waals surface area contributed by atoms with Crippen LogP contribution in [0.4, 0.5) is 5.95 Å². The highest BCUT2D eigenvalue weighted by Crippen LogP contribution is 2.23. The molecule has 1 fully saturated rings. The van der Waals surface area contributed by atoms with Crippen molar-refractivity contribution in [2.24, 2.45) is 0 Å². The first-order valence-corrected chi connectivity index (χ1v) is 8.04. The Morgan fingerprint density at radius 1 is 1.00 bits per heavy atom. The second-order valence-corrected chi connectivity index (χ2v) is 6.25. The van der Waals surface area contributed by atoms with E-state index < -0.39 is 0 Å². The van der Waals surface area contributed by atoms with E-state index in [-0.39, 0.29) is 0 Å². The highest BCUT2D eigenvalue weighted by Gasteiger charge is 2.23. The van der Waals surface area contributed by atoms with Crippen molar-refractivity contribution in [3.8, 4) is 0 Å². The lowest BCUT2D eigenvalue weighted by atomic mass is 10.1. The molecule has 4 nitrogen and oxygen atoms in total. The molecule has 2 aromatic rings. The summed E-state index contributed by atoms with van der Waals surface area (Å²) in [5.74, 6) is 0.837. The summed E-state index contributed by atoms with van der Waals surface area (Å²) in [6, 6.07) is 8.55. The Bertz CT molecular complexity index is 604. The molecule has 1 saturated heterocycles. The highest BCUT2D eigenvalue weighted by molar-refractivity contribution is 6.30. The third kappa shape index (κ3) is 3.39. The van der Waals surface area contributed by atoms with Crippen molar-refractivity contribution in [1.82, 2.24) is 14.9 Å². The maximum absolute atomic E-state index is 5.97. The number of anilines is 1. The lowest BCUT2D eigenvalue weighted by Gasteiger charge is -2.38. The minimum absolute atomic E-state index is 0.401. The Balaban J connectivity index is 1.61. The van der Waals surface area contributed by atoms with Gasteiger partial charge in [0.15, 0.2) is 0 Å². The molecule has 3 rings (SSSR count). The summed E-state index contributed by atoms with van der Waals surface area (Å²) >= 11 is 5.97. The summed E-state index contributed by atoms with van der Waals surface area (Å²) in [5.41, 5.74) is 2.41. The van der Waals surface area contributed by atoms with Crippen molar-refractivity contribution in [1.29, 1.82) is 0 Å². The molecule has 1 unspecified atom stereocenters. The first-order valence-electron chi connectivity index (χ1n) is 7.66. The van der Waals surface area contributed by atoms with Crippen molar-refractivity contribution >= 4 is 17.5 Å². The maximum Gasteiger partial charge on any atom is 0.225 e. The van der Waals surface area contributed by atoms with E-state index in [1.165, 1.54) is 5.56 Å². The topological polar surface area (TPSA) is 32.3 Å². The van der Waals surface area contributed by atoms with Crippen LogP contribution in [0.2, 0.25) is 5.02 Å². The number of nitrogens with zero attached hydrogens (tertiary/aromatic N) is 4. The monoisotopic (exact) mass is 316 g/mol. The standard InChI is InChI=1S/C17H21ClN4/c1-13-11-19-17(20-12-13)22-9-7-21(8-10-22)14(2)15-3-5-16(18)6-4-15/h3-6,11-12,14H,7-10H2,1-2H3. The first kappa shape index (κ1) is 15.3. The Kier molecular flexibility index (Phi) is 4.60. The van der Waals surface area contributed by atoms with Gasteiger partial charge in [0.2, 0.25) is 5.95 Å². The predicted molar refractivity (Wildman–Crippen MR) is 90.4 cm³/mol. The van der Waals surface area contributed by atoms with Gasteiger partial charge in [-0.1, -0.05) is 23.7 Å². The summed E-state index contributed by atoms with van der Waals surface area (Å²) in [4.78, 5) is 13.6. The molecular weight excluding hydrogens is 296 g/mol. The zero-order chi connectivity index (χ0) is 15.5. The fourth-order valence-electron chi connectivity index (χ4n) is 2.81. The number of hydrogen-bond donors (Lipinski definition) is 0. The number of halogens is 1. The van der Waals surface area contributed by atoms with E-state index in [2.05, 4.69) is 38.8 Å². The van der Waals surface area contributed by atoms with Crippen LogP contribution < -0.4 is 4.90 Å². The Labute approximate surface area is 136 Å². The minimum atomic E-state index is 0.401. The number of hydrogen-bond acceptors (Lipinski definition) is 4. The van der Waals surface area contributed by atoms with Gasteiger partial charge in [0.25, 0.3) is 0 Å². The Morgan fingerprint density at radius 3 is 2.18 bits per heavy atom. The maximum atomic E-state index is 5.97. The number of aromatic nitrogens is 2. The van der Waals surface area contributed by atoms with Crippen LogP contribution in [0, 0.1) is 6.92 Å². The van der Waals surface area contributed by atoms with E-state index in [9.17, 15) is 0 Å². The molecule has 5 heteroatoms. The number of piperazine rings is 1. The molecule has 0 bridgehead atoms. The van der Waals surface area contributed by atoms with E-state index in [1.807, 2.05) is 31.5 Å². The van der Waals surface area contributed by atoms with Crippen LogP contribution in [-0.4, -0.2) is 41.0 Å². The van der Waals surface area contributed by atoms with E-state index in [0.717, 1.165) is 42.7 Å². The average molecular weight is 317 g/mol. The van der Waals surface area contributed by atoms with E-state index in [1.54, 1.807) is 0 Å². The summed E-state index contributed by atoms with van der Waals surface area (Å²) in [6.45, 7) is 8.21. The number of benzene rings is 1. The Hall–Kier alpha value is -1.65. The van der Waals surface area contributed by atoms with E-state index >= 15 is 0 Å². The van der Waals surface area contributed by atoms with Gasteiger partial charge in [-0.15, -0.1) is 0 Å². The first-order chi connectivity index (χ1) is 10.6. The number of aryl methyl sites for hydroxylation is 1. The third-order valence-electron chi connectivity index (χ3n) is 4.26. The molecule has 1 aromatic carbocycles. The normalized spacial score (nSPS) is 17.5. The minimum Gasteiger partial charge on any atom is -0.338 e. The van der Waals surface area contributed by atoms with Gasteiger partial charge in [0.05, 0.1) is 0 Å². The molecule has 0 N–H and O–H groups in total. The highest BCUT2D eigenvalue weighted by atomic mass is 35.5. The van der Waals surface area contributed by atoms with Crippen LogP contribution >= 0.6 is 11.6 Å². The lowest BCUT2D eigenvalue weighted by Crippen LogP contribution is -2.47. The second-order valence-electron chi connectivity index (χ2n) is 5.81. The van der Waals surface area contributed by atoms with Gasteiger partial charge in [-0.3, -0.25) is 4.90 Å². The molecule has 22 heavy (non-hydrogen) atoms.